The van der Waals surface area contributed by atoms with E-state index >= 15 is 0 Å². The largest absolute Gasteiger partial charge is 0.478 e. The molecule has 0 amide bonds. The molecule has 1 aliphatic carbocycles. The number of benzene rings is 1. The van der Waals surface area contributed by atoms with Gasteiger partial charge in [0.2, 0.25) is 0 Å². The molecule has 0 bridgehead atoms. The highest BCUT2D eigenvalue weighted by Gasteiger charge is 2.68. The Labute approximate surface area is 85.5 Å². The van der Waals surface area contributed by atoms with E-state index in [1.807, 2.05) is 0 Å². The molecule has 80 valence electrons. The molecule has 1 fully saturated rings. The van der Waals surface area contributed by atoms with Crippen molar-refractivity contribution in [3.8, 4) is 0 Å². The van der Waals surface area contributed by atoms with Crippen molar-refractivity contribution in [3.05, 3.63) is 35.4 Å². The lowest BCUT2D eigenvalue weighted by atomic mass is 9.96. The molecular weight excluding hydrogens is 202 g/mol. The van der Waals surface area contributed by atoms with Crippen LogP contribution in [0.5, 0.6) is 0 Å². The molecule has 0 heterocycles. The van der Waals surface area contributed by atoms with Gasteiger partial charge in [0.25, 0.3) is 5.92 Å². The Bertz CT molecular complexity index is 411. The molecule has 0 radical (unpaired) electrons. The third kappa shape index (κ3) is 1.40. The zero-order valence-corrected chi connectivity index (χ0v) is 8.13. The van der Waals surface area contributed by atoms with E-state index in [0.29, 0.717) is 5.56 Å². The Balaban J connectivity index is 2.30. The van der Waals surface area contributed by atoms with Crippen molar-refractivity contribution in [2.45, 2.75) is 24.7 Å². The lowest BCUT2D eigenvalue weighted by Crippen LogP contribution is -2.11. The summed E-state index contributed by atoms with van der Waals surface area (Å²) in [5.41, 5.74) is -0.492. The molecule has 1 N–H and O–H groups in total. The summed E-state index contributed by atoms with van der Waals surface area (Å²) in [7, 11) is 0. The monoisotopic (exact) mass is 212 g/mol. The van der Waals surface area contributed by atoms with Gasteiger partial charge in [-0.3, -0.25) is 0 Å². The van der Waals surface area contributed by atoms with E-state index in [4.69, 9.17) is 5.11 Å². The second-order valence-electron chi connectivity index (χ2n) is 4.10. The van der Waals surface area contributed by atoms with E-state index in [1.165, 1.54) is 31.2 Å². The van der Waals surface area contributed by atoms with Crippen LogP contribution in [0.25, 0.3) is 0 Å². The smallest absolute Gasteiger partial charge is 0.335 e. The maximum atomic E-state index is 13.0. The van der Waals surface area contributed by atoms with Crippen LogP contribution in [-0.4, -0.2) is 17.0 Å². The fourth-order valence-corrected chi connectivity index (χ4v) is 1.69. The fourth-order valence-electron chi connectivity index (χ4n) is 1.69. The van der Waals surface area contributed by atoms with Gasteiger partial charge in [-0.1, -0.05) is 12.1 Å². The van der Waals surface area contributed by atoms with E-state index in [0.717, 1.165) is 0 Å². The van der Waals surface area contributed by atoms with Crippen molar-refractivity contribution < 1.29 is 18.7 Å². The molecule has 15 heavy (non-hydrogen) atoms. The number of hydrogen-bond donors (Lipinski definition) is 1. The average Bonchev–Trinajstić information content (AvgIpc) is 2.67. The standard InChI is InChI=1S/C11H10F2O2/c1-10(6-11(10,12)13)8-4-2-7(3-5-8)9(14)15/h2-5H,6H2,1H3,(H,14,15). The third-order valence-electron chi connectivity index (χ3n) is 3.03. The molecule has 0 aliphatic heterocycles. The van der Waals surface area contributed by atoms with Crippen molar-refractivity contribution in [3.63, 3.8) is 0 Å². The lowest BCUT2D eigenvalue weighted by molar-refractivity contribution is 0.0697. The van der Waals surface area contributed by atoms with Gasteiger partial charge in [-0.2, -0.15) is 0 Å². The molecule has 2 rings (SSSR count). The first-order valence-electron chi connectivity index (χ1n) is 4.58. The number of carboxylic acid groups (broad SMARTS) is 1. The summed E-state index contributed by atoms with van der Waals surface area (Å²) < 4.78 is 26.0. The van der Waals surface area contributed by atoms with Crippen LogP contribution in [0.1, 0.15) is 29.3 Å². The fraction of sp³-hybridized carbons (Fsp3) is 0.364. The highest BCUT2D eigenvalue weighted by atomic mass is 19.3. The number of carbonyl (C=O) groups is 1. The van der Waals surface area contributed by atoms with Crippen LogP contribution in [-0.2, 0) is 5.41 Å². The minimum absolute atomic E-state index is 0.117. The second-order valence-corrected chi connectivity index (χ2v) is 4.10. The number of aromatic carboxylic acids is 1. The number of halogens is 2. The van der Waals surface area contributed by atoms with Gasteiger partial charge >= 0.3 is 5.97 Å². The maximum Gasteiger partial charge on any atom is 0.335 e. The summed E-state index contributed by atoms with van der Waals surface area (Å²) in [5, 5.41) is 8.65. The van der Waals surface area contributed by atoms with E-state index in [9.17, 15) is 13.6 Å². The molecule has 1 aliphatic rings. The molecule has 0 aromatic heterocycles. The van der Waals surface area contributed by atoms with E-state index in [1.54, 1.807) is 0 Å². The minimum Gasteiger partial charge on any atom is -0.478 e. The molecule has 0 saturated heterocycles. The first-order valence-corrected chi connectivity index (χ1v) is 4.58. The van der Waals surface area contributed by atoms with Crippen molar-refractivity contribution >= 4 is 5.97 Å². The Morgan fingerprint density at radius 2 is 1.80 bits per heavy atom. The summed E-state index contributed by atoms with van der Waals surface area (Å²) >= 11 is 0. The predicted molar refractivity (Wildman–Crippen MR) is 50.3 cm³/mol. The van der Waals surface area contributed by atoms with Crippen molar-refractivity contribution in [1.82, 2.24) is 0 Å². The summed E-state index contributed by atoms with van der Waals surface area (Å²) in [5.74, 6) is -3.70. The van der Waals surface area contributed by atoms with Gasteiger partial charge in [-0.15, -0.1) is 0 Å². The summed E-state index contributed by atoms with van der Waals surface area (Å²) in [6, 6.07) is 5.64. The Kier molecular flexibility index (Phi) is 1.87. The van der Waals surface area contributed by atoms with Crippen LogP contribution < -0.4 is 0 Å². The first-order chi connectivity index (χ1) is 6.87. The van der Waals surface area contributed by atoms with Gasteiger partial charge in [-0.05, 0) is 24.6 Å². The van der Waals surface area contributed by atoms with Gasteiger partial charge in [0.1, 0.15) is 0 Å². The molecule has 1 unspecified atom stereocenters. The van der Waals surface area contributed by atoms with Crippen LogP contribution in [0.15, 0.2) is 24.3 Å². The van der Waals surface area contributed by atoms with Gasteiger partial charge in [0.05, 0.1) is 11.0 Å². The van der Waals surface area contributed by atoms with Crippen LogP contribution in [0.4, 0.5) is 8.78 Å². The van der Waals surface area contributed by atoms with Crippen LogP contribution in [0.2, 0.25) is 0 Å². The van der Waals surface area contributed by atoms with Crippen molar-refractivity contribution in [1.29, 1.82) is 0 Å². The molecule has 1 atom stereocenters. The predicted octanol–water partition coefficient (Wildman–Crippen LogP) is 2.68. The highest BCUT2D eigenvalue weighted by Crippen LogP contribution is 2.61. The normalized spacial score (nSPS) is 27.4. The summed E-state index contributed by atoms with van der Waals surface area (Å²) in [6.07, 6.45) is -0.160. The Hall–Kier alpha value is -1.45. The maximum absolute atomic E-state index is 13.0. The third-order valence-corrected chi connectivity index (χ3v) is 3.03. The molecular formula is C11H10F2O2. The Morgan fingerprint density at radius 1 is 1.33 bits per heavy atom. The van der Waals surface area contributed by atoms with Gasteiger partial charge in [0.15, 0.2) is 0 Å². The summed E-state index contributed by atoms with van der Waals surface area (Å²) in [6.45, 7) is 1.49. The highest BCUT2D eigenvalue weighted by molar-refractivity contribution is 5.87. The number of hydrogen-bond acceptors (Lipinski definition) is 1. The van der Waals surface area contributed by atoms with E-state index < -0.39 is 17.3 Å². The van der Waals surface area contributed by atoms with Gasteiger partial charge in [-0.25, -0.2) is 13.6 Å². The zero-order chi connectivity index (χ0) is 11.3. The quantitative estimate of drug-likeness (QED) is 0.818. The van der Waals surface area contributed by atoms with Crippen LogP contribution in [0.3, 0.4) is 0 Å². The van der Waals surface area contributed by atoms with Gasteiger partial charge < -0.3 is 5.11 Å². The van der Waals surface area contributed by atoms with Crippen LogP contribution >= 0.6 is 0 Å². The molecule has 1 aromatic rings. The minimum atomic E-state index is -2.66. The van der Waals surface area contributed by atoms with E-state index in [2.05, 4.69) is 0 Å². The van der Waals surface area contributed by atoms with Crippen LogP contribution in [0, 0.1) is 0 Å². The first kappa shape index (κ1) is 10.1. The molecule has 1 aromatic carbocycles. The number of alkyl halides is 2. The van der Waals surface area contributed by atoms with Gasteiger partial charge in [0, 0.05) is 6.42 Å². The molecule has 2 nitrogen and oxygen atoms in total. The molecule has 1 saturated carbocycles. The summed E-state index contributed by atoms with van der Waals surface area (Å²) in [4.78, 5) is 10.6. The SMILES string of the molecule is CC1(c2ccc(C(=O)O)cc2)CC1(F)F. The zero-order valence-electron chi connectivity index (χ0n) is 8.13. The van der Waals surface area contributed by atoms with E-state index in [-0.39, 0.29) is 12.0 Å². The van der Waals surface area contributed by atoms with Crippen molar-refractivity contribution in [2.24, 2.45) is 0 Å². The number of carboxylic acids is 1. The van der Waals surface area contributed by atoms with Crippen molar-refractivity contribution in [2.75, 3.05) is 0 Å². The topological polar surface area (TPSA) is 37.3 Å². The average molecular weight is 212 g/mol. The molecule has 4 heteroatoms. The Morgan fingerprint density at radius 3 is 2.13 bits per heavy atom. The number of rotatable bonds is 2. The second kappa shape index (κ2) is 2.78. The molecule has 0 spiro atoms. The lowest BCUT2D eigenvalue weighted by Gasteiger charge is -2.10.